The fourth-order valence-corrected chi connectivity index (χ4v) is 3.14. The molecule has 4 rings (SSSR count). The summed E-state index contributed by atoms with van der Waals surface area (Å²) >= 11 is 0. The van der Waals surface area contributed by atoms with Crippen molar-refractivity contribution in [1.29, 1.82) is 0 Å². The van der Waals surface area contributed by atoms with Crippen LogP contribution < -0.4 is 15.5 Å². The van der Waals surface area contributed by atoms with Gasteiger partial charge in [-0.25, -0.2) is 4.98 Å². The van der Waals surface area contributed by atoms with Crippen LogP contribution in [0, 0.1) is 13.8 Å². The summed E-state index contributed by atoms with van der Waals surface area (Å²) in [7, 11) is 0. The number of anilines is 3. The minimum absolute atomic E-state index is 0.860. The second kappa shape index (κ2) is 6.13. The maximum atomic E-state index is 4.76. The van der Waals surface area contributed by atoms with Crippen LogP contribution in [0.25, 0.3) is 5.65 Å². The highest BCUT2D eigenvalue weighted by atomic mass is 15.3. The van der Waals surface area contributed by atoms with Crippen molar-refractivity contribution in [2.24, 2.45) is 0 Å². The third-order valence-electron chi connectivity index (χ3n) is 4.43. The number of benzene rings is 1. The lowest BCUT2D eigenvalue weighted by molar-refractivity contribution is 0.585. The van der Waals surface area contributed by atoms with Crippen LogP contribution in [0.15, 0.2) is 36.5 Å². The highest BCUT2D eigenvalue weighted by Crippen LogP contribution is 2.25. The Bertz CT molecular complexity index is 863. The maximum absolute atomic E-state index is 4.76. The topological polar surface area (TPSA) is 57.5 Å². The van der Waals surface area contributed by atoms with Gasteiger partial charge in [-0.1, -0.05) is 17.7 Å². The Kier molecular flexibility index (Phi) is 3.82. The number of fused-ring (bicyclic) bond motifs is 1. The molecule has 6 heteroatoms. The average molecular weight is 322 g/mol. The van der Waals surface area contributed by atoms with Crippen molar-refractivity contribution in [3.05, 3.63) is 47.7 Å². The van der Waals surface area contributed by atoms with E-state index in [0.29, 0.717) is 0 Å². The maximum Gasteiger partial charge on any atom is 0.159 e. The Morgan fingerprint density at radius 1 is 1.08 bits per heavy atom. The van der Waals surface area contributed by atoms with Gasteiger partial charge in [0.1, 0.15) is 11.6 Å². The van der Waals surface area contributed by atoms with Crippen LogP contribution in [0.3, 0.4) is 0 Å². The molecule has 0 bridgehead atoms. The third kappa shape index (κ3) is 2.80. The molecule has 3 heterocycles. The van der Waals surface area contributed by atoms with Crippen LogP contribution in [0.4, 0.5) is 17.3 Å². The molecule has 0 spiro atoms. The summed E-state index contributed by atoms with van der Waals surface area (Å²) in [5.41, 5.74) is 4.43. The fourth-order valence-electron chi connectivity index (χ4n) is 3.14. The van der Waals surface area contributed by atoms with Gasteiger partial charge in [0.25, 0.3) is 0 Å². The molecule has 1 aliphatic heterocycles. The number of aromatic nitrogens is 3. The van der Waals surface area contributed by atoms with Crippen LogP contribution in [0.1, 0.15) is 11.1 Å². The zero-order valence-electron chi connectivity index (χ0n) is 14.1. The van der Waals surface area contributed by atoms with E-state index in [2.05, 4.69) is 58.7 Å². The lowest BCUT2D eigenvalue weighted by atomic mass is 10.1. The average Bonchev–Trinajstić information content (AvgIpc) is 3.07. The van der Waals surface area contributed by atoms with E-state index in [4.69, 9.17) is 4.98 Å². The molecule has 3 aromatic rings. The molecule has 1 aromatic carbocycles. The van der Waals surface area contributed by atoms with Crippen molar-refractivity contribution in [3.63, 3.8) is 0 Å². The van der Waals surface area contributed by atoms with Gasteiger partial charge in [0.2, 0.25) is 0 Å². The number of hydrogen-bond donors (Lipinski definition) is 2. The Balaban J connectivity index is 1.74. The van der Waals surface area contributed by atoms with Gasteiger partial charge in [-0.05, 0) is 25.5 Å². The fraction of sp³-hybridized carbons (Fsp3) is 0.333. The van der Waals surface area contributed by atoms with Crippen molar-refractivity contribution in [1.82, 2.24) is 19.9 Å². The SMILES string of the molecule is Cc1ccc(Nc2cc(N3CCNCC3)nc3ccnn23)c(C)c1. The molecule has 2 aromatic heterocycles. The molecule has 2 N–H and O–H groups in total. The molecular formula is C18H22N6. The molecule has 0 atom stereocenters. The smallest absolute Gasteiger partial charge is 0.159 e. The van der Waals surface area contributed by atoms with E-state index in [1.807, 2.05) is 10.6 Å². The van der Waals surface area contributed by atoms with Crippen LogP contribution >= 0.6 is 0 Å². The third-order valence-corrected chi connectivity index (χ3v) is 4.43. The highest BCUT2D eigenvalue weighted by molar-refractivity contribution is 5.66. The quantitative estimate of drug-likeness (QED) is 0.776. The molecule has 0 radical (unpaired) electrons. The lowest BCUT2D eigenvalue weighted by Crippen LogP contribution is -2.44. The minimum Gasteiger partial charge on any atom is -0.354 e. The second-order valence-corrected chi connectivity index (χ2v) is 6.28. The van der Waals surface area contributed by atoms with E-state index in [1.165, 1.54) is 11.1 Å². The second-order valence-electron chi connectivity index (χ2n) is 6.28. The number of hydrogen-bond acceptors (Lipinski definition) is 5. The lowest BCUT2D eigenvalue weighted by Gasteiger charge is -2.28. The van der Waals surface area contributed by atoms with Gasteiger partial charge in [0.05, 0.1) is 6.20 Å². The van der Waals surface area contributed by atoms with Gasteiger partial charge in [0, 0.05) is 44.0 Å². The van der Waals surface area contributed by atoms with E-state index < -0.39 is 0 Å². The zero-order chi connectivity index (χ0) is 16.5. The molecule has 24 heavy (non-hydrogen) atoms. The van der Waals surface area contributed by atoms with Gasteiger partial charge >= 0.3 is 0 Å². The summed E-state index contributed by atoms with van der Waals surface area (Å²) in [6.07, 6.45) is 1.79. The van der Waals surface area contributed by atoms with Crippen LogP contribution in [0.5, 0.6) is 0 Å². The van der Waals surface area contributed by atoms with E-state index in [1.54, 1.807) is 6.20 Å². The number of nitrogens with one attached hydrogen (secondary N) is 2. The molecular weight excluding hydrogens is 300 g/mol. The summed E-state index contributed by atoms with van der Waals surface area (Å²) in [5.74, 6) is 1.93. The van der Waals surface area contributed by atoms with Gasteiger partial charge in [0.15, 0.2) is 5.65 Å². The normalized spacial score (nSPS) is 15.0. The first-order valence-corrected chi connectivity index (χ1v) is 8.35. The molecule has 1 aliphatic rings. The number of nitrogens with zero attached hydrogens (tertiary/aromatic N) is 4. The molecule has 1 fully saturated rings. The monoisotopic (exact) mass is 322 g/mol. The predicted octanol–water partition coefficient (Wildman–Crippen LogP) is 2.50. The van der Waals surface area contributed by atoms with E-state index >= 15 is 0 Å². The van der Waals surface area contributed by atoms with E-state index in [9.17, 15) is 0 Å². The number of aryl methyl sites for hydroxylation is 2. The Hall–Kier alpha value is -2.60. The van der Waals surface area contributed by atoms with Crippen LogP contribution in [0.2, 0.25) is 0 Å². The van der Waals surface area contributed by atoms with Gasteiger partial charge in [-0.15, -0.1) is 0 Å². The Morgan fingerprint density at radius 3 is 2.71 bits per heavy atom. The largest absolute Gasteiger partial charge is 0.354 e. The van der Waals surface area contributed by atoms with Crippen molar-refractivity contribution < 1.29 is 0 Å². The Labute approximate surface area is 141 Å². The minimum atomic E-state index is 0.860. The summed E-state index contributed by atoms with van der Waals surface area (Å²) < 4.78 is 1.85. The first-order chi connectivity index (χ1) is 11.7. The van der Waals surface area contributed by atoms with Crippen molar-refractivity contribution in [3.8, 4) is 0 Å². The standard InChI is InChI=1S/C18H22N6/c1-13-3-4-15(14(2)11-13)21-18-12-17(23-9-7-19-8-10-23)22-16-5-6-20-24(16)18/h3-6,11-12,19,21H,7-10H2,1-2H3. The summed E-state index contributed by atoms with van der Waals surface area (Å²) in [4.78, 5) is 7.07. The predicted molar refractivity (Wildman–Crippen MR) is 97.3 cm³/mol. The van der Waals surface area contributed by atoms with Crippen molar-refractivity contribution >= 4 is 23.0 Å². The highest BCUT2D eigenvalue weighted by Gasteiger charge is 2.15. The zero-order valence-corrected chi connectivity index (χ0v) is 14.1. The summed E-state index contributed by atoms with van der Waals surface area (Å²) in [6.45, 7) is 8.16. The van der Waals surface area contributed by atoms with Gasteiger partial charge in [-0.3, -0.25) is 0 Å². The first kappa shape index (κ1) is 15.0. The van der Waals surface area contributed by atoms with E-state index in [-0.39, 0.29) is 0 Å². The summed E-state index contributed by atoms with van der Waals surface area (Å²) in [5, 5.41) is 11.3. The molecule has 0 unspecified atom stereocenters. The molecule has 0 saturated carbocycles. The van der Waals surface area contributed by atoms with Gasteiger partial charge < -0.3 is 15.5 Å². The van der Waals surface area contributed by atoms with Crippen molar-refractivity contribution in [2.75, 3.05) is 36.4 Å². The molecule has 0 amide bonds. The molecule has 1 saturated heterocycles. The molecule has 6 nitrogen and oxygen atoms in total. The Morgan fingerprint density at radius 2 is 1.92 bits per heavy atom. The molecule has 0 aliphatic carbocycles. The van der Waals surface area contributed by atoms with Crippen molar-refractivity contribution in [2.45, 2.75) is 13.8 Å². The van der Waals surface area contributed by atoms with Crippen LogP contribution in [-0.4, -0.2) is 40.8 Å². The molecule has 124 valence electrons. The number of rotatable bonds is 3. The number of piperazine rings is 1. The summed E-state index contributed by atoms with van der Waals surface area (Å²) in [6, 6.07) is 10.4. The first-order valence-electron chi connectivity index (χ1n) is 8.35. The van der Waals surface area contributed by atoms with Gasteiger partial charge in [-0.2, -0.15) is 9.61 Å². The van der Waals surface area contributed by atoms with E-state index in [0.717, 1.165) is 49.1 Å². The van der Waals surface area contributed by atoms with Crippen LogP contribution in [-0.2, 0) is 0 Å².